The van der Waals surface area contributed by atoms with Crippen LogP contribution in [0.15, 0.2) is 54.6 Å². The van der Waals surface area contributed by atoms with Gasteiger partial charge in [0, 0.05) is 37.7 Å². The Morgan fingerprint density at radius 1 is 1.00 bits per heavy atom. The number of amides is 1. The fourth-order valence-electron chi connectivity index (χ4n) is 3.17. The van der Waals surface area contributed by atoms with Gasteiger partial charge in [0.1, 0.15) is 5.75 Å². The van der Waals surface area contributed by atoms with Crippen molar-refractivity contribution < 1.29 is 9.53 Å². The molecule has 0 N–H and O–H groups in total. The van der Waals surface area contributed by atoms with Crippen LogP contribution in [0.2, 0.25) is 5.02 Å². The van der Waals surface area contributed by atoms with Crippen LogP contribution < -0.4 is 4.74 Å². The smallest absolute Gasteiger partial charge is 0.266 e. The van der Waals surface area contributed by atoms with Crippen molar-refractivity contribution in [3.05, 3.63) is 65.2 Å². The van der Waals surface area contributed by atoms with Gasteiger partial charge in [-0.1, -0.05) is 41.9 Å². The lowest BCUT2D eigenvalue weighted by atomic mass is 10.1. The van der Waals surface area contributed by atoms with Crippen LogP contribution in [-0.4, -0.2) is 47.5 Å². The van der Waals surface area contributed by atoms with E-state index >= 15 is 0 Å². The van der Waals surface area contributed by atoms with Crippen LogP contribution in [-0.2, 0) is 11.3 Å². The van der Waals surface area contributed by atoms with Gasteiger partial charge in [0.2, 0.25) is 0 Å². The lowest BCUT2D eigenvalue weighted by Gasteiger charge is -2.38. The average Bonchev–Trinajstić information content (AvgIpc) is 2.64. The molecule has 0 unspecified atom stereocenters. The normalized spacial score (nSPS) is 15.7. The molecule has 0 atom stereocenters. The van der Waals surface area contributed by atoms with E-state index in [-0.39, 0.29) is 5.91 Å². The number of ether oxygens (including phenoxy) is 1. The molecule has 1 saturated heterocycles. The van der Waals surface area contributed by atoms with Crippen LogP contribution >= 0.6 is 11.6 Å². The van der Waals surface area contributed by atoms with Crippen LogP contribution in [0.1, 0.15) is 19.4 Å². The van der Waals surface area contributed by atoms with Gasteiger partial charge in [0.25, 0.3) is 5.91 Å². The van der Waals surface area contributed by atoms with Crippen molar-refractivity contribution in [2.24, 2.45) is 0 Å². The highest BCUT2D eigenvalue weighted by atomic mass is 35.5. The first-order chi connectivity index (χ1) is 12.4. The van der Waals surface area contributed by atoms with Crippen molar-refractivity contribution in [3.63, 3.8) is 0 Å². The Balaban J connectivity index is 1.54. The van der Waals surface area contributed by atoms with E-state index in [0.717, 1.165) is 32.7 Å². The minimum atomic E-state index is -0.907. The summed E-state index contributed by atoms with van der Waals surface area (Å²) in [7, 11) is 0. The fourth-order valence-corrected chi connectivity index (χ4v) is 3.30. The SMILES string of the molecule is CC(C)(Oc1ccc(Cl)cc1)C(=O)N1CCN(Cc2ccccc2)CC1. The summed E-state index contributed by atoms with van der Waals surface area (Å²) in [4.78, 5) is 17.2. The van der Waals surface area contributed by atoms with Gasteiger partial charge < -0.3 is 9.64 Å². The van der Waals surface area contributed by atoms with Crippen molar-refractivity contribution >= 4 is 17.5 Å². The van der Waals surface area contributed by atoms with Crippen LogP contribution in [0.5, 0.6) is 5.75 Å². The van der Waals surface area contributed by atoms with Gasteiger partial charge in [-0.2, -0.15) is 0 Å². The number of piperazine rings is 1. The molecule has 1 aliphatic heterocycles. The van der Waals surface area contributed by atoms with E-state index in [4.69, 9.17) is 16.3 Å². The van der Waals surface area contributed by atoms with Gasteiger partial charge in [-0.25, -0.2) is 0 Å². The quantitative estimate of drug-likeness (QED) is 0.799. The maximum Gasteiger partial charge on any atom is 0.266 e. The lowest BCUT2D eigenvalue weighted by molar-refractivity contribution is -0.147. The molecule has 0 aromatic heterocycles. The molecule has 4 nitrogen and oxygen atoms in total. The Bertz CT molecular complexity index is 723. The van der Waals surface area contributed by atoms with Crippen molar-refractivity contribution in [2.75, 3.05) is 26.2 Å². The van der Waals surface area contributed by atoms with Gasteiger partial charge in [-0.15, -0.1) is 0 Å². The molecule has 2 aromatic rings. The first-order valence-corrected chi connectivity index (χ1v) is 9.32. The molecule has 0 bridgehead atoms. The third-order valence-corrected chi connectivity index (χ3v) is 4.86. The highest BCUT2D eigenvalue weighted by molar-refractivity contribution is 6.30. The van der Waals surface area contributed by atoms with Crippen LogP contribution in [0.3, 0.4) is 0 Å². The molecule has 1 amide bonds. The third-order valence-electron chi connectivity index (χ3n) is 4.61. The number of halogens is 1. The number of carbonyl (C=O) groups excluding carboxylic acids is 1. The maximum absolute atomic E-state index is 12.9. The Labute approximate surface area is 160 Å². The van der Waals surface area contributed by atoms with Crippen LogP contribution in [0.4, 0.5) is 0 Å². The molecule has 2 aromatic carbocycles. The first-order valence-electron chi connectivity index (χ1n) is 8.94. The predicted octanol–water partition coefficient (Wildman–Crippen LogP) is 3.84. The molecule has 0 radical (unpaired) electrons. The molecular formula is C21H25ClN2O2. The van der Waals surface area contributed by atoms with E-state index < -0.39 is 5.60 Å². The van der Waals surface area contributed by atoms with E-state index in [1.807, 2.05) is 24.8 Å². The number of hydrogen-bond acceptors (Lipinski definition) is 3. The molecule has 1 aliphatic rings. The summed E-state index contributed by atoms with van der Waals surface area (Å²) in [6, 6.07) is 17.5. The minimum Gasteiger partial charge on any atom is -0.478 e. The molecule has 0 spiro atoms. The number of hydrogen-bond donors (Lipinski definition) is 0. The second-order valence-corrected chi connectivity index (χ2v) is 7.56. The van der Waals surface area contributed by atoms with Gasteiger partial charge in [-0.05, 0) is 43.7 Å². The maximum atomic E-state index is 12.9. The molecule has 138 valence electrons. The number of nitrogens with zero attached hydrogens (tertiary/aromatic N) is 2. The van der Waals surface area contributed by atoms with Crippen LogP contribution in [0, 0.1) is 0 Å². The Morgan fingerprint density at radius 2 is 1.62 bits per heavy atom. The summed E-state index contributed by atoms with van der Waals surface area (Å²) < 4.78 is 5.93. The summed E-state index contributed by atoms with van der Waals surface area (Å²) in [5.41, 5.74) is 0.397. The van der Waals surface area contributed by atoms with Gasteiger partial charge in [0.15, 0.2) is 5.60 Å². The second-order valence-electron chi connectivity index (χ2n) is 7.12. The number of benzene rings is 2. The summed E-state index contributed by atoms with van der Waals surface area (Å²) in [5.74, 6) is 0.669. The van der Waals surface area contributed by atoms with Gasteiger partial charge >= 0.3 is 0 Å². The van der Waals surface area contributed by atoms with E-state index in [9.17, 15) is 4.79 Å². The van der Waals surface area contributed by atoms with Gasteiger partial charge in [0.05, 0.1) is 0 Å². The first kappa shape index (κ1) is 18.7. The van der Waals surface area contributed by atoms with E-state index in [1.165, 1.54) is 5.56 Å². The topological polar surface area (TPSA) is 32.8 Å². The molecule has 3 rings (SSSR count). The third kappa shape index (κ3) is 4.77. The fraction of sp³-hybridized carbons (Fsp3) is 0.381. The second kappa shape index (κ2) is 8.11. The molecule has 0 aliphatic carbocycles. The highest BCUT2D eigenvalue weighted by Gasteiger charge is 2.35. The zero-order chi connectivity index (χ0) is 18.6. The van der Waals surface area contributed by atoms with Gasteiger partial charge in [-0.3, -0.25) is 9.69 Å². The molecule has 0 saturated carbocycles. The summed E-state index contributed by atoms with van der Waals surface area (Å²) >= 11 is 5.90. The minimum absolute atomic E-state index is 0.0202. The standard InChI is InChI=1S/C21H25ClN2O2/c1-21(2,26-19-10-8-18(22)9-11-19)20(25)24-14-12-23(13-15-24)16-17-6-4-3-5-7-17/h3-11H,12-16H2,1-2H3. The highest BCUT2D eigenvalue weighted by Crippen LogP contribution is 2.23. The summed E-state index contributed by atoms with van der Waals surface area (Å²) in [5, 5.41) is 0.649. The molecule has 1 fully saturated rings. The zero-order valence-electron chi connectivity index (χ0n) is 15.3. The Hall–Kier alpha value is -2.04. The summed E-state index contributed by atoms with van der Waals surface area (Å²) in [6.45, 7) is 7.75. The van der Waals surface area contributed by atoms with Crippen molar-refractivity contribution in [2.45, 2.75) is 26.0 Å². The summed E-state index contributed by atoms with van der Waals surface area (Å²) in [6.07, 6.45) is 0. The van der Waals surface area contributed by atoms with E-state index in [1.54, 1.807) is 24.3 Å². The van der Waals surface area contributed by atoms with E-state index in [2.05, 4.69) is 29.2 Å². The Kier molecular flexibility index (Phi) is 5.84. The molecule has 26 heavy (non-hydrogen) atoms. The largest absolute Gasteiger partial charge is 0.478 e. The zero-order valence-corrected chi connectivity index (χ0v) is 16.1. The molecule has 5 heteroatoms. The number of carbonyl (C=O) groups is 1. The van der Waals surface area contributed by atoms with Crippen molar-refractivity contribution in [1.29, 1.82) is 0 Å². The Morgan fingerprint density at radius 3 is 2.23 bits per heavy atom. The van der Waals surface area contributed by atoms with Crippen molar-refractivity contribution in [3.8, 4) is 5.75 Å². The number of rotatable bonds is 5. The molecule has 1 heterocycles. The van der Waals surface area contributed by atoms with Crippen LogP contribution in [0.25, 0.3) is 0 Å². The average molecular weight is 373 g/mol. The predicted molar refractivity (Wildman–Crippen MR) is 104 cm³/mol. The lowest BCUT2D eigenvalue weighted by Crippen LogP contribution is -2.55. The molecular weight excluding hydrogens is 348 g/mol. The van der Waals surface area contributed by atoms with E-state index in [0.29, 0.717) is 10.8 Å². The van der Waals surface area contributed by atoms with Crippen molar-refractivity contribution in [1.82, 2.24) is 9.80 Å². The monoisotopic (exact) mass is 372 g/mol.